The van der Waals surface area contributed by atoms with Crippen LogP contribution in [0.1, 0.15) is 16.7 Å². The van der Waals surface area contributed by atoms with Crippen molar-refractivity contribution in [3.63, 3.8) is 0 Å². The van der Waals surface area contributed by atoms with E-state index in [1.807, 2.05) is 0 Å². The van der Waals surface area contributed by atoms with E-state index >= 15 is 0 Å². The molecule has 1 atom stereocenters. The highest BCUT2D eigenvalue weighted by Gasteiger charge is 2.42. The Balaban J connectivity index is 2.20. The predicted octanol–water partition coefficient (Wildman–Crippen LogP) is 4.20. The van der Waals surface area contributed by atoms with Crippen LogP contribution in [0.15, 0.2) is 59.7 Å². The summed E-state index contributed by atoms with van der Waals surface area (Å²) in [6, 6.07) is 11.4. The van der Waals surface area contributed by atoms with E-state index < -0.39 is 29.6 Å². The van der Waals surface area contributed by atoms with Crippen LogP contribution in [0.5, 0.6) is 5.75 Å². The minimum absolute atomic E-state index is 0.0127. The molecule has 2 aromatic carbocycles. The molecule has 0 unspecified atom stereocenters. The molecule has 0 bridgehead atoms. The monoisotopic (exact) mass is 424 g/mol. The minimum atomic E-state index is -2.18. The standard InChI is InChI=1S/C23H18F2N2O4/c1-14-17(7-5-9-18(14)24)21-20(31-2)10-16(12-26-21)23(22(29)30,27-13-28)11-15-6-3-4-8-19(15)25/h3-10,12H,11H2,1-2H3,(H,29,30)/t23-/m0/s1. The van der Waals surface area contributed by atoms with Gasteiger partial charge in [-0.25, -0.2) is 18.4 Å². The number of carbonyl (C=O) groups excluding carboxylic acids is 1. The fourth-order valence-corrected chi connectivity index (χ4v) is 3.34. The van der Waals surface area contributed by atoms with Gasteiger partial charge in [0.15, 0.2) is 0 Å². The molecule has 1 aromatic heterocycles. The number of methoxy groups -OCH3 is 1. The summed E-state index contributed by atoms with van der Waals surface area (Å²) in [6.07, 6.45) is 2.04. The number of nitrogens with zero attached hydrogens (tertiary/aromatic N) is 2. The van der Waals surface area contributed by atoms with Crippen molar-refractivity contribution in [2.75, 3.05) is 7.11 Å². The van der Waals surface area contributed by atoms with Crippen LogP contribution in [0.2, 0.25) is 0 Å². The van der Waals surface area contributed by atoms with Gasteiger partial charge in [0.25, 0.3) is 0 Å². The van der Waals surface area contributed by atoms with Crippen LogP contribution in [0.25, 0.3) is 11.3 Å². The highest BCUT2D eigenvalue weighted by Crippen LogP contribution is 2.37. The number of aromatic nitrogens is 1. The summed E-state index contributed by atoms with van der Waals surface area (Å²) in [7, 11) is 1.35. The van der Waals surface area contributed by atoms with Crippen LogP contribution in [-0.2, 0) is 21.5 Å². The number of carboxylic acid groups (broad SMARTS) is 1. The van der Waals surface area contributed by atoms with Gasteiger partial charge >= 0.3 is 5.97 Å². The molecule has 0 aliphatic rings. The Hall–Kier alpha value is -3.90. The van der Waals surface area contributed by atoms with Crippen LogP contribution < -0.4 is 4.74 Å². The van der Waals surface area contributed by atoms with E-state index in [-0.39, 0.29) is 22.6 Å². The Morgan fingerprint density at radius 3 is 2.55 bits per heavy atom. The predicted molar refractivity (Wildman–Crippen MR) is 108 cm³/mol. The lowest BCUT2D eigenvalue weighted by Gasteiger charge is -2.25. The second-order valence-electron chi connectivity index (χ2n) is 6.82. The maximum absolute atomic E-state index is 14.2. The van der Waals surface area contributed by atoms with Crippen molar-refractivity contribution < 1.29 is 28.2 Å². The fourth-order valence-electron chi connectivity index (χ4n) is 3.34. The van der Waals surface area contributed by atoms with Crippen LogP contribution in [0.3, 0.4) is 0 Å². The third-order valence-electron chi connectivity index (χ3n) is 5.07. The molecule has 0 aliphatic carbocycles. The summed E-state index contributed by atoms with van der Waals surface area (Å²) in [5.41, 5.74) is -1.07. The van der Waals surface area contributed by atoms with Gasteiger partial charge in [0.05, 0.1) is 7.11 Å². The first-order valence-electron chi connectivity index (χ1n) is 9.20. The minimum Gasteiger partial charge on any atom is -0.494 e. The molecule has 158 valence electrons. The Morgan fingerprint density at radius 2 is 1.90 bits per heavy atom. The molecule has 3 rings (SSSR count). The topological polar surface area (TPSA) is 88.8 Å². The number of hydrogen-bond donors (Lipinski definition) is 1. The summed E-state index contributed by atoms with van der Waals surface area (Å²) in [5.74, 6) is -2.42. The molecular weight excluding hydrogens is 406 g/mol. The number of pyridine rings is 1. The number of halogens is 2. The zero-order valence-corrected chi connectivity index (χ0v) is 16.7. The van der Waals surface area contributed by atoms with Crippen LogP contribution in [0.4, 0.5) is 8.78 Å². The number of carbonyl (C=O) groups is 1. The van der Waals surface area contributed by atoms with E-state index in [9.17, 15) is 23.5 Å². The van der Waals surface area contributed by atoms with Crippen LogP contribution in [-0.4, -0.2) is 29.2 Å². The molecule has 0 aliphatic heterocycles. The van der Waals surface area contributed by atoms with Crippen molar-refractivity contribution in [3.05, 3.63) is 83.1 Å². The summed E-state index contributed by atoms with van der Waals surface area (Å²) in [6.45, 7) is 1.58. The number of carboxylic acids is 1. The summed E-state index contributed by atoms with van der Waals surface area (Å²) in [5, 5.41) is 9.98. The van der Waals surface area contributed by atoms with Crippen LogP contribution in [0, 0.1) is 18.6 Å². The molecule has 3 aromatic rings. The van der Waals surface area contributed by atoms with E-state index in [4.69, 9.17) is 4.74 Å². The second kappa shape index (κ2) is 8.85. The van der Waals surface area contributed by atoms with Crippen LogP contribution >= 0.6 is 0 Å². The first-order valence-corrected chi connectivity index (χ1v) is 9.20. The number of benzene rings is 2. The second-order valence-corrected chi connectivity index (χ2v) is 6.82. The van der Waals surface area contributed by atoms with E-state index in [1.54, 1.807) is 19.1 Å². The zero-order chi connectivity index (χ0) is 22.6. The third-order valence-corrected chi connectivity index (χ3v) is 5.07. The zero-order valence-electron chi connectivity index (χ0n) is 16.7. The Morgan fingerprint density at radius 1 is 1.19 bits per heavy atom. The molecule has 0 amide bonds. The molecule has 0 radical (unpaired) electrons. The highest BCUT2D eigenvalue weighted by atomic mass is 19.1. The molecular formula is C23H18F2N2O4. The van der Waals surface area contributed by atoms with Crippen molar-refractivity contribution in [1.29, 1.82) is 0 Å². The molecule has 0 saturated carbocycles. The molecule has 8 heteroatoms. The largest absolute Gasteiger partial charge is 0.494 e. The lowest BCUT2D eigenvalue weighted by atomic mass is 9.84. The average Bonchev–Trinajstić information content (AvgIpc) is 2.76. The van der Waals surface area contributed by atoms with Gasteiger partial charge in [-0.15, -0.1) is 0 Å². The van der Waals surface area contributed by atoms with Gasteiger partial charge < -0.3 is 9.84 Å². The Bertz CT molecular complexity index is 1190. The summed E-state index contributed by atoms with van der Waals surface area (Å²) in [4.78, 5) is 31.2. The quantitative estimate of drug-likeness (QED) is 0.454. The normalized spacial score (nSPS) is 12.5. The van der Waals surface area contributed by atoms with E-state index in [1.165, 1.54) is 55.8 Å². The van der Waals surface area contributed by atoms with Crippen molar-refractivity contribution in [1.82, 2.24) is 4.98 Å². The van der Waals surface area contributed by atoms with Crippen molar-refractivity contribution in [3.8, 4) is 17.0 Å². The number of hydrogen-bond acceptors (Lipinski definition) is 5. The maximum Gasteiger partial charge on any atom is 0.337 e. The number of isocyanates is 1. The lowest BCUT2D eigenvalue weighted by Crippen LogP contribution is -2.36. The van der Waals surface area contributed by atoms with Gasteiger partial charge in [0, 0.05) is 23.7 Å². The van der Waals surface area contributed by atoms with Gasteiger partial charge in [0.1, 0.15) is 23.1 Å². The molecule has 1 N–H and O–H groups in total. The maximum atomic E-state index is 14.2. The molecule has 31 heavy (non-hydrogen) atoms. The molecule has 0 saturated heterocycles. The van der Waals surface area contributed by atoms with Crippen molar-refractivity contribution in [2.45, 2.75) is 18.9 Å². The first-order chi connectivity index (χ1) is 14.8. The SMILES string of the molecule is COc1cc([C@](Cc2ccccc2F)(N=C=O)C(=O)O)cnc1-c1cccc(F)c1C. The molecule has 6 nitrogen and oxygen atoms in total. The van der Waals surface area contributed by atoms with E-state index in [0.717, 1.165) is 0 Å². The van der Waals surface area contributed by atoms with Gasteiger partial charge in [-0.1, -0.05) is 30.3 Å². The molecule has 1 heterocycles. The van der Waals surface area contributed by atoms with Crippen molar-refractivity contribution >= 4 is 12.0 Å². The number of rotatable bonds is 7. The molecule has 0 spiro atoms. The van der Waals surface area contributed by atoms with Gasteiger partial charge in [-0.2, -0.15) is 4.99 Å². The van der Waals surface area contributed by atoms with Gasteiger partial charge in [-0.3, -0.25) is 4.98 Å². The number of aliphatic carboxylic acids is 1. The third kappa shape index (κ3) is 4.06. The fraction of sp³-hybridized carbons (Fsp3) is 0.174. The molecule has 0 fully saturated rings. The lowest BCUT2D eigenvalue weighted by molar-refractivity contribution is -0.143. The number of ether oxygens (including phenoxy) is 1. The van der Waals surface area contributed by atoms with E-state index in [2.05, 4.69) is 9.98 Å². The number of aliphatic imine (C=N–C) groups is 1. The Labute approximate surface area is 176 Å². The summed E-state index contributed by atoms with van der Waals surface area (Å²) >= 11 is 0. The highest BCUT2D eigenvalue weighted by molar-refractivity contribution is 5.83. The van der Waals surface area contributed by atoms with Gasteiger partial charge in [-0.05, 0) is 36.2 Å². The smallest absolute Gasteiger partial charge is 0.337 e. The first kappa shape index (κ1) is 21.8. The summed E-state index contributed by atoms with van der Waals surface area (Å²) < 4.78 is 33.6. The van der Waals surface area contributed by atoms with Crippen molar-refractivity contribution in [2.24, 2.45) is 4.99 Å². The Kier molecular flexibility index (Phi) is 6.22. The average molecular weight is 424 g/mol. The van der Waals surface area contributed by atoms with E-state index in [0.29, 0.717) is 11.1 Å². The van der Waals surface area contributed by atoms with Gasteiger partial charge in [0.2, 0.25) is 11.6 Å².